The van der Waals surface area contributed by atoms with Gasteiger partial charge in [-0.3, -0.25) is 0 Å². The number of hydrogen-bond acceptors (Lipinski definition) is 4. The van der Waals surface area contributed by atoms with E-state index in [1.807, 2.05) is 6.08 Å². The van der Waals surface area contributed by atoms with Crippen LogP contribution in [0.5, 0.6) is 0 Å². The lowest BCUT2D eigenvalue weighted by Crippen LogP contribution is -2.62. The number of rotatable bonds is 3. The van der Waals surface area contributed by atoms with E-state index in [4.69, 9.17) is 18.9 Å². The second kappa shape index (κ2) is 5.46. The molecule has 1 aliphatic heterocycles. The highest BCUT2D eigenvalue weighted by molar-refractivity contribution is 9.28. The minimum Gasteiger partial charge on any atom is -0.349 e. The Bertz CT molecular complexity index is 280. The Hall–Kier alpha value is 0.540. The van der Waals surface area contributed by atoms with Gasteiger partial charge in [-0.05, 0) is 51.8 Å². The molecule has 0 aromatic heterocycles. The van der Waals surface area contributed by atoms with E-state index in [9.17, 15) is 0 Å². The zero-order chi connectivity index (χ0) is 12.4. The second-order valence-corrected chi connectivity index (χ2v) is 6.50. The normalized spacial score (nSPS) is 39.5. The van der Waals surface area contributed by atoms with E-state index >= 15 is 0 Å². The fourth-order valence-corrected chi connectivity index (χ4v) is 2.09. The molecule has 0 aliphatic carbocycles. The third-order valence-electron chi connectivity index (χ3n) is 2.82. The van der Waals surface area contributed by atoms with Gasteiger partial charge in [0.1, 0.15) is 6.10 Å². The van der Waals surface area contributed by atoms with Gasteiger partial charge in [0.05, 0.1) is 10.00 Å². The van der Waals surface area contributed by atoms with Gasteiger partial charge >= 0.3 is 0 Å². The fraction of sp³-hybridized carbons (Fsp3) is 0.800. The van der Waals surface area contributed by atoms with E-state index in [1.165, 1.54) is 0 Å². The van der Waals surface area contributed by atoms with Crippen LogP contribution >= 0.6 is 31.9 Å². The first-order valence-electron chi connectivity index (χ1n) is 4.82. The van der Waals surface area contributed by atoms with Crippen LogP contribution in [0.1, 0.15) is 13.8 Å². The first-order valence-corrected chi connectivity index (χ1v) is 6.40. The van der Waals surface area contributed by atoms with Crippen LogP contribution in [-0.4, -0.2) is 38.5 Å². The van der Waals surface area contributed by atoms with E-state index in [-0.39, 0.29) is 6.10 Å². The summed E-state index contributed by atoms with van der Waals surface area (Å²) in [4.78, 5) is 0. The largest absolute Gasteiger partial charge is 0.349 e. The van der Waals surface area contributed by atoms with Crippen molar-refractivity contribution in [3.05, 3.63) is 9.47 Å². The highest BCUT2D eigenvalue weighted by Crippen LogP contribution is 2.37. The minimum absolute atomic E-state index is 0.193. The predicted octanol–water partition coefficient (Wildman–Crippen LogP) is 2.76. The van der Waals surface area contributed by atoms with Gasteiger partial charge in [0.2, 0.25) is 11.6 Å². The summed E-state index contributed by atoms with van der Waals surface area (Å²) in [5.74, 6) is -1.86. The average molecular weight is 360 g/mol. The first kappa shape index (κ1) is 14.6. The molecule has 16 heavy (non-hydrogen) atoms. The Morgan fingerprint density at radius 2 is 1.81 bits per heavy atom. The van der Waals surface area contributed by atoms with Crippen LogP contribution in [0, 0.1) is 0 Å². The molecule has 1 aliphatic rings. The Morgan fingerprint density at radius 3 is 2.25 bits per heavy atom. The van der Waals surface area contributed by atoms with Gasteiger partial charge in [0.15, 0.2) is 0 Å². The summed E-state index contributed by atoms with van der Waals surface area (Å²) in [6, 6.07) is 0. The number of halogens is 2. The third kappa shape index (κ3) is 2.86. The van der Waals surface area contributed by atoms with Crippen molar-refractivity contribution < 1.29 is 18.9 Å². The molecule has 6 heteroatoms. The maximum atomic E-state index is 5.83. The molecule has 0 saturated carbocycles. The predicted molar refractivity (Wildman–Crippen MR) is 67.6 cm³/mol. The average Bonchev–Trinajstić information content (AvgIpc) is 2.23. The monoisotopic (exact) mass is 358 g/mol. The highest BCUT2D eigenvalue weighted by Gasteiger charge is 2.53. The van der Waals surface area contributed by atoms with E-state index in [2.05, 4.69) is 31.9 Å². The fourth-order valence-electron chi connectivity index (χ4n) is 1.50. The zero-order valence-corrected chi connectivity index (χ0v) is 12.9. The Morgan fingerprint density at radius 1 is 1.25 bits per heavy atom. The molecule has 1 heterocycles. The van der Waals surface area contributed by atoms with Crippen molar-refractivity contribution in [1.82, 2.24) is 0 Å². The molecule has 1 rings (SSSR count). The standard InChI is InChI=1S/C10H16Br2O4/c1-9(13-3)10(2,14-4)16-7(6-15-9)5-8(11)12/h5,7H,6H2,1-4H3/t7-,9+,10+/m0/s1. The molecule has 0 aromatic rings. The van der Waals surface area contributed by atoms with Gasteiger partial charge in [-0.25, -0.2) is 0 Å². The van der Waals surface area contributed by atoms with E-state index in [0.717, 1.165) is 3.39 Å². The lowest BCUT2D eigenvalue weighted by molar-refractivity contribution is -0.425. The van der Waals surface area contributed by atoms with E-state index in [0.29, 0.717) is 6.61 Å². The maximum Gasteiger partial charge on any atom is 0.220 e. The number of ether oxygens (including phenoxy) is 4. The van der Waals surface area contributed by atoms with Crippen LogP contribution in [-0.2, 0) is 18.9 Å². The van der Waals surface area contributed by atoms with E-state index < -0.39 is 11.6 Å². The van der Waals surface area contributed by atoms with Crippen LogP contribution in [0.2, 0.25) is 0 Å². The Kier molecular flexibility index (Phi) is 4.98. The lowest BCUT2D eigenvalue weighted by atomic mass is 10.1. The molecule has 1 saturated heterocycles. The summed E-state index contributed by atoms with van der Waals surface area (Å²) >= 11 is 6.57. The third-order valence-corrected chi connectivity index (χ3v) is 3.34. The lowest BCUT2D eigenvalue weighted by Gasteiger charge is -2.48. The van der Waals surface area contributed by atoms with Gasteiger partial charge in [0, 0.05) is 14.2 Å². The Balaban J connectivity index is 2.86. The van der Waals surface area contributed by atoms with Crippen LogP contribution in [0.15, 0.2) is 9.47 Å². The van der Waals surface area contributed by atoms with Crippen molar-refractivity contribution in [2.75, 3.05) is 20.8 Å². The molecular weight excluding hydrogens is 344 g/mol. The Labute approximate surface area is 113 Å². The molecule has 94 valence electrons. The smallest absolute Gasteiger partial charge is 0.220 e. The molecule has 0 spiro atoms. The number of methoxy groups -OCH3 is 2. The van der Waals surface area contributed by atoms with Crippen LogP contribution in [0.3, 0.4) is 0 Å². The van der Waals surface area contributed by atoms with Gasteiger partial charge in [0.25, 0.3) is 0 Å². The summed E-state index contributed by atoms with van der Waals surface area (Å²) < 4.78 is 23.0. The molecule has 0 bridgehead atoms. The molecule has 0 amide bonds. The van der Waals surface area contributed by atoms with Crippen LogP contribution in [0.25, 0.3) is 0 Å². The van der Waals surface area contributed by atoms with Gasteiger partial charge in [-0.15, -0.1) is 0 Å². The van der Waals surface area contributed by atoms with E-state index in [1.54, 1.807) is 28.1 Å². The minimum atomic E-state index is -0.948. The molecular formula is C10H16Br2O4. The van der Waals surface area contributed by atoms with Crippen LogP contribution in [0.4, 0.5) is 0 Å². The van der Waals surface area contributed by atoms with Gasteiger partial charge in [-0.2, -0.15) is 0 Å². The summed E-state index contributed by atoms with van der Waals surface area (Å²) in [5.41, 5.74) is 0. The molecule has 0 radical (unpaired) electrons. The van der Waals surface area contributed by atoms with Crippen molar-refractivity contribution >= 4 is 31.9 Å². The first-order chi connectivity index (χ1) is 7.37. The van der Waals surface area contributed by atoms with Crippen molar-refractivity contribution in [3.8, 4) is 0 Å². The summed E-state index contributed by atoms with van der Waals surface area (Å²) in [7, 11) is 3.13. The molecule has 1 fully saturated rings. The zero-order valence-electron chi connectivity index (χ0n) is 9.75. The summed E-state index contributed by atoms with van der Waals surface area (Å²) in [6.07, 6.45) is 1.66. The molecule has 3 atom stereocenters. The number of hydrogen-bond donors (Lipinski definition) is 0. The van der Waals surface area contributed by atoms with Crippen molar-refractivity contribution in [1.29, 1.82) is 0 Å². The topological polar surface area (TPSA) is 36.9 Å². The summed E-state index contributed by atoms with van der Waals surface area (Å²) in [5, 5.41) is 0. The molecule has 0 N–H and O–H groups in total. The SMILES string of the molecule is CO[C@]1(C)OC[C@H](C=C(Br)Br)O[C@@]1(C)OC. The highest BCUT2D eigenvalue weighted by atomic mass is 79.9. The second-order valence-electron chi connectivity index (χ2n) is 3.72. The molecule has 0 aromatic carbocycles. The van der Waals surface area contributed by atoms with Gasteiger partial charge < -0.3 is 18.9 Å². The maximum absolute atomic E-state index is 5.83. The van der Waals surface area contributed by atoms with Crippen molar-refractivity contribution in [3.63, 3.8) is 0 Å². The molecule has 0 unspecified atom stereocenters. The van der Waals surface area contributed by atoms with Gasteiger partial charge in [-0.1, -0.05) is 0 Å². The summed E-state index contributed by atoms with van der Waals surface area (Å²) in [6.45, 7) is 3.99. The van der Waals surface area contributed by atoms with Crippen molar-refractivity contribution in [2.45, 2.75) is 31.5 Å². The molecule has 4 nitrogen and oxygen atoms in total. The quantitative estimate of drug-likeness (QED) is 0.776. The van der Waals surface area contributed by atoms with Crippen molar-refractivity contribution in [2.24, 2.45) is 0 Å². The van der Waals surface area contributed by atoms with Crippen LogP contribution < -0.4 is 0 Å².